The number of imide groups is 1. The van der Waals surface area contributed by atoms with E-state index in [0.29, 0.717) is 23.5 Å². The first-order valence-electron chi connectivity index (χ1n) is 10.7. The molecule has 2 amide bonds. The zero-order valence-corrected chi connectivity index (χ0v) is 22.5. The standard InChI is InChI=1S/C26H18ClFINO5S/c1-2-34-22-12-15(10-11-21(22)35-25(32)16-6-3-4-9-20(16)29)13-23-24(31)30(26(33)36-23)14-17-18(27)7-5-8-19(17)28/h3-13H,2,14H2,1H3/b23-13-. The van der Waals surface area contributed by atoms with Gasteiger partial charge in [0.1, 0.15) is 5.82 Å². The molecule has 6 nitrogen and oxygen atoms in total. The van der Waals surface area contributed by atoms with Crippen molar-refractivity contribution in [2.45, 2.75) is 13.5 Å². The second-order valence-electron chi connectivity index (χ2n) is 7.48. The van der Waals surface area contributed by atoms with E-state index in [1.54, 1.807) is 43.3 Å². The Balaban J connectivity index is 1.56. The number of ether oxygens (including phenoxy) is 2. The Hall–Kier alpha value is -2.89. The predicted octanol–water partition coefficient (Wildman–Crippen LogP) is 6.94. The molecule has 3 aromatic rings. The first-order chi connectivity index (χ1) is 17.3. The van der Waals surface area contributed by atoms with Gasteiger partial charge in [-0.15, -0.1) is 0 Å². The van der Waals surface area contributed by atoms with Gasteiger partial charge in [-0.25, -0.2) is 9.18 Å². The molecule has 1 aliphatic heterocycles. The van der Waals surface area contributed by atoms with Gasteiger partial charge in [-0.3, -0.25) is 14.5 Å². The second-order valence-corrected chi connectivity index (χ2v) is 10.0. The van der Waals surface area contributed by atoms with Gasteiger partial charge in [0.2, 0.25) is 0 Å². The molecule has 0 unspecified atom stereocenters. The van der Waals surface area contributed by atoms with Crippen LogP contribution in [0.1, 0.15) is 28.4 Å². The minimum Gasteiger partial charge on any atom is -0.490 e. The summed E-state index contributed by atoms with van der Waals surface area (Å²) in [6.07, 6.45) is 1.53. The minimum atomic E-state index is -0.595. The van der Waals surface area contributed by atoms with Crippen molar-refractivity contribution in [3.05, 3.63) is 96.7 Å². The monoisotopic (exact) mass is 637 g/mol. The molecule has 1 aliphatic rings. The van der Waals surface area contributed by atoms with Crippen molar-refractivity contribution < 1.29 is 28.2 Å². The molecule has 0 aromatic heterocycles. The highest BCUT2D eigenvalue weighted by molar-refractivity contribution is 14.1. The van der Waals surface area contributed by atoms with Crippen LogP contribution in [0.25, 0.3) is 6.08 Å². The van der Waals surface area contributed by atoms with Crippen molar-refractivity contribution in [1.29, 1.82) is 0 Å². The van der Waals surface area contributed by atoms with Crippen LogP contribution in [-0.4, -0.2) is 28.6 Å². The van der Waals surface area contributed by atoms with E-state index in [-0.39, 0.29) is 27.8 Å². The van der Waals surface area contributed by atoms with E-state index in [1.165, 1.54) is 24.3 Å². The molecular weight excluding hydrogens is 620 g/mol. The van der Waals surface area contributed by atoms with Crippen molar-refractivity contribution in [3.63, 3.8) is 0 Å². The van der Waals surface area contributed by atoms with Crippen LogP contribution in [0.5, 0.6) is 11.5 Å². The fraction of sp³-hybridized carbons (Fsp3) is 0.115. The summed E-state index contributed by atoms with van der Waals surface area (Å²) in [5.41, 5.74) is 1.05. The molecule has 0 radical (unpaired) electrons. The zero-order valence-electron chi connectivity index (χ0n) is 18.8. The highest BCUT2D eigenvalue weighted by Crippen LogP contribution is 2.36. The number of nitrogens with zero attached hydrogens (tertiary/aromatic N) is 1. The Morgan fingerprint density at radius 3 is 2.61 bits per heavy atom. The molecule has 1 heterocycles. The molecule has 0 bridgehead atoms. The average molecular weight is 638 g/mol. The molecule has 0 aliphatic carbocycles. The Labute approximate surface area is 229 Å². The third-order valence-corrected chi connectivity index (χ3v) is 7.32. The van der Waals surface area contributed by atoms with Crippen molar-refractivity contribution in [2.24, 2.45) is 0 Å². The summed E-state index contributed by atoms with van der Waals surface area (Å²) < 4.78 is 26.1. The summed E-state index contributed by atoms with van der Waals surface area (Å²) in [6, 6.07) is 16.0. The molecule has 0 spiro atoms. The van der Waals surface area contributed by atoms with Gasteiger partial charge in [-0.1, -0.05) is 35.9 Å². The number of hydrogen-bond acceptors (Lipinski definition) is 6. The van der Waals surface area contributed by atoms with Gasteiger partial charge in [0.25, 0.3) is 11.1 Å². The Kier molecular flexibility index (Phi) is 8.32. The molecule has 4 rings (SSSR count). The minimum absolute atomic E-state index is 0.0700. The first-order valence-corrected chi connectivity index (χ1v) is 13.0. The topological polar surface area (TPSA) is 72.9 Å². The Morgan fingerprint density at radius 2 is 1.89 bits per heavy atom. The van der Waals surface area contributed by atoms with Gasteiger partial charge in [0.15, 0.2) is 11.5 Å². The third kappa shape index (κ3) is 5.74. The molecule has 0 N–H and O–H groups in total. The smallest absolute Gasteiger partial charge is 0.344 e. The van der Waals surface area contributed by atoms with Gasteiger partial charge in [-0.05, 0) is 89.3 Å². The number of halogens is 3. The van der Waals surface area contributed by atoms with E-state index in [9.17, 15) is 18.8 Å². The van der Waals surface area contributed by atoms with Crippen LogP contribution >= 0.6 is 46.0 Å². The quantitative estimate of drug-likeness (QED) is 0.121. The van der Waals surface area contributed by atoms with E-state index in [0.717, 1.165) is 20.2 Å². The van der Waals surface area contributed by atoms with Gasteiger partial charge in [0, 0.05) is 14.2 Å². The van der Waals surface area contributed by atoms with E-state index in [1.807, 2.05) is 6.07 Å². The zero-order chi connectivity index (χ0) is 25.8. The SMILES string of the molecule is CCOc1cc(/C=C2\SC(=O)N(Cc3c(F)cccc3Cl)C2=O)ccc1OC(=O)c1ccccc1I. The number of amides is 2. The van der Waals surface area contributed by atoms with E-state index in [2.05, 4.69) is 22.6 Å². The number of esters is 1. The van der Waals surface area contributed by atoms with E-state index < -0.39 is 22.9 Å². The molecular formula is C26H18ClFINO5S. The number of carbonyl (C=O) groups is 3. The molecule has 184 valence electrons. The number of rotatable bonds is 7. The third-order valence-electron chi connectivity index (χ3n) is 5.11. The molecule has 10 heteroatoms. The fourth-order valence-electron chi connectivity index (χ4n) is 3.38. The number of benzene rings is 3. The maximum Gasteiger partial charge on any atom is 0.344 e. The molecule has 1 saturated heterocycles. The van der Waals surface area contributed by atoms with Crippen LogP contribution in [0.3, 0.4) is 0 Å². The normalized spacial score (nSPS) is 14.4. The molecule has 0 saturated carbocycles. The predicted molar refractivity (Wildman–Crippen MR) is 145 cm³/mol. The summed E-state index contributed by atoms with van der Waals surface area (Å²) >= 11 is 8.86. The van der Waals surface area contributed by atoms with Gasteiger partial charge >= 0.3 is 5.97 Å². The second kappa shape index (κ2) is 11.4. The lowest BCUT2D eigenvalue weighted by molar-refractivity contribution is -0.123. The lowest BCUT2D eigenvalue weighted by atomic mass is 10.1. The summed E-state index contributed by atoms with van der Waals surface area (Å²) in [5.74, 6) is -1.15. The van der Waals surface area contributed by atoms with Crippen molar-refractivity contribution in [2.75, 3.05) is 6.61 Å². The first kappa shape index (κ1) is 26.2. The lowest BCUT2D eigenvalue weighted by Gasteiger charge is -2.14. The van der Waals surface area contributed by atoms with Gasteiger partial charge < -0.3 is 9.47 Å². The van der Waals surface area contributed by atoms with Crippen LogP contribution in [0, 0.1) is 9.39 Å². The van der Waals surface area contributed by atoms with E-state index in [4.69, 9.17) is 21.1 Å². The van der Waals surface area contributed by atoms with Crippen LogP contribution in [0.15, 0.2) is 65.6 Å². The van der Waals surface area contributed by atoms with Crippen molar-refractivity contribution in [3.8, 4) is 11.5 Å². The number of hydrogen-bond donors (Lipinski definition) is 0. The van der Waals surface area contributed by atoms with Gasteiger partial charge in [-0.2, -0.15) is 0 Å². The van der Waals surface area contributed by atoms with Gasteiger partial charge in [0.05, 0.1) is 23.6 Å². The molecule has 3 aromatic carbocycles. The van der Waals surface area contributed by atoms with Crippen LogP contribution in [0.4, 0.5) is 9.18 Å². The fourth-order valence-corrected chi connectivity index (χ4v) is 5.05. The van der Waals surface area contributed by atoms with Crippen LogP contribution < -0.4 is 9.47 Å². The summed E-state index contributed by atoms with van der Waals surface area (Å²) in [5, 5.41) is -0.395. The number of thioether (sulfide) groups is 1. The highest BCUT2D eigenvalue weighted by Gasteiger charge is 2.36. The van der Waals surface area contributed by atoms with E-state index >= 15 is 0 Å². The average Bonchev–Trinajstić information content (AvgIpc) is 3.10. The lowest BCUT2D eigenvalue weighted by Crippen LogP contribution is -2.28. The Morgan fingerprint density at radius 1 is 1.11 bits per heavy atom. The Bertz CT molecular complexity index is 1380. The van der Waals surface area contributed by atoms with Crippen LogP contribution in [0.2, 0.25) is 5.02 Å². The molecule has 1 fully saturated rings. The van der Waals surface area contributed by atoms with Crippen molar-refractivity contribution in [1.82, 2.24) is 4.90 Å². The maximum absolute atomic E-state index is 14.2. The van der Waals surface area contributed by atoms with Crippen LogP contribution in [-0.2, 0) is 11.3 Å². The molecule has 36 heavy (non-hydrogen) atoms. The van der Waals surface area contributed by atoms with Crippen molar-refractivity contribution >= 4 is 69.1 Å². The summed E-state index contributed by atoms with van der Waals surface area (Å²) in [7, 11) is 0. The maximum atomic E-state index is 14.2. The number of carbonyl (C=O) groups excluding carboxylic acids is 3. The highest BCUT2D eigenvalue weighted by atomic mass is 127. The summed E-state index contributed by atoms with van der Waals surface area (Å²) in [4.78, 5) is 39.2. The largest absolute Gasteiger partial charge is 0.490 e. The summed E-state index contributed by atoms with van der Waals surface area (Å²) in [6.45, 7) is 1.83. The molecule has 0 atom stereocenters.